The zero-order chi connectivity index (χ0) is 15.8. The lowest BCUT2D eigenvalue weighted by molar-refractivity contribution is 1.35. The van der Waals surface area contributed by atoms with Gasteiger partial charge in [0.05, 0.1) is 16.6 Å². The second-order valence-electron chi connectivity index (χ2n) is 6.69. The number of fused-ring (bicyclic) bond motifs is 6. The molecular formula is C22H14BN. The van der Waals surface area contributed by atoms with Gasteiger partial charge >= 0.3 is 0 Å². The summed E-state index contributed by atoms with van der Waals surface area (Å²) in [5.41, 5.74) is 5.28. The van der Waals surface area contributed by atoms with Gasteiger partial charge in [-0.2, -0.15) is 0 Å². The Morgan fingerprint density at radius 1 is 0.583 bits per heavy atom. The molecule has 4 aromatic carbocycles. The van der Waals surface area contributed by atoms with E-state index in [0.717, 1.165) is 0 Å². The molecule has 24 heavy (non-hydrogen) atoms. The van der Waals surface area contributed by atoms with E-state index in [1.165, 1.54) is 54.3 Å². The molecule has 2 heteroatoms. The highest BCUT2D eigenvalue weighted by Crippen LogP contribution is 2.40. The van der Waals surface area contributed by atoms with Crippen LogP contribution in [0, 0.1) is 0 Å². The van der Waals surface area contributed by atoms with Crippen LogP contribution in [-0.4, -0.2) is 12.2 Å². The van der Waals surface area contributed by atoms with Gasteiger partial charge in [-0.3, -0.25) is 0 Å². The van der Waals surface area contributed by atoms with Crippen molar-refractivity contribution in [2.24, 2.45) is 0 Å². The lowest BCUT2D eigenvalue weighted by Gasteiger charge is -2.14. The van der Waals surface area contributed by atoms with Gasteiger partial charge in [-0.1, -0.05) is 66.1 Å². The topological polar surface area (TPSA) is 4.41 Å². The fourth-order valence-electron chi connectivity index (χ4n) is 4.46. The van der Waals surface area contributed by atoms with Crippen molar-refractivity contribution in [3.63, 3.8) is 0 Å². The van der Waals surface area contributed by atoms with E-state index in [0.29, 0.717) is 0 Å². The van der Waals surface area contributed by atoms with Crippen LogP contribution in [-0.2, 0) is 0 Å². The Hall–Kier alpha value is -3.00. The molecule has 6 aromatic rings. The van der Waals surface area contributed by atoms with E-state index in [1.54, 1.807) is 0 Å². The van der Waals surface area contributed by atoms with Gasteiger partial charge in [-0.25, -0.2) is 0 Å². The van der Waals surface area contributed by atoms with Crippen LogP contribution in [0.25, 0.3) is 48.9 Å². The molecule has 0 aliphatic carbocycles. The van der Waals surface area contributed by atoms with E-state index >= 15 is 0 Å². The molecule has 0 aliphatic heterocycles. The second kappa shape index (κ2) is 4.10. The molecule has 0 bridgehead atoms. The van der Waals surface area contributed by atoms with Gasteiger partial charge in [0, 0.05) is 21.5 Å². The summed E-state index contributed by atoms with van der Waals surface area (Å²) in [5, 5.41) is 8.12. The third kappa shape index (κ3) is 1.29. The van der Waals surface area contributed by atoms with Crippen LogP contribution in [0.5, 0.6) is 0 Å². The first-order chi connectivity index (χ1) is 11.8. The van der Waals surface area contributed by atoms with Crippen molar-refractivity contribution >= 4 is 62.2 Å². The first-order valence-electron chi connectivity index (χ1n) is 8.40. The highest BCUT2D eigenvalue weighted by Gasteiger charge is 2.18. The van der Waals surface area contributed by atoms with Crippen LogP contribution in [0.3, 0.4) is 0 Å². The predicted molar refractivity (Wildman–Crippen MR) is 107 cm³/mol. The fraction of sp³-hybridized carbons (Fsp3) is 0. The smallest absolute Gasteiger partial charge is 0.140 e. The quantitative estimate of drug-likeness (QED) is 0.224. The standard InChI is InChI=1S/C22H14BN/c23-18-12-17-14-7-2-4-11-20(14)24-19-10-3-1-6-13(19)15-8-5-9-16(18)21(15)22(17)24/h1-12H,23H2. The van der Waals surface area contributed by atoms with Crippen LogP contribution >= 0.6 is 0 Å². The Labute approximate surface area is 139 Å². The summed E-state index contributed by atoms with van der Waals surface area (Å²) < 4.78 is 2.45. The number of para-hydroxylation sites is 2. The minimum Gasteiger partial charge on any atom is -0.308 e. The number of hydrogen-bond acceptors (Lipinski definition) is 0. The van der Waals surface area contributed by atoms with E-state index in [2.05, 4.69) is 85.0 Å². The molecule has 0 N–H and O–H groups in total. The first-order valence-corrected chi connectivity index (χ1v) is 8.40. The Bertz CT molecular complexity index is 1400. The summed E-state index contributed by atoms with van der Waals surface area (Å²) in [6.07, 6.45) is 0. The molecule has 2 aromatic heterocycles. The highest BCUT2D eigenvalue weighted by molar-refractivity contribution is 6.44. The Balaban J connectivity index is 2.18. The molecule has 6 rings (SSSR count). The van der Waals surface area contributed by atoms with Crippen molar-refractivity contribution in [2.45, 2.75) is 0 Å². The third-order valence-corrected chi connectivity index (χ3v) is 5.44. The largest absolute Gasteiger partial charge is 0.308 e. The van der Waals surface area contributed by atoms with Gasteiger partial charge in [0.2, 0.25) is 0 Å². The summed E-state index contributed by atoms with van der Waals surface area (Å²) in [4.78, 5) is 0. The molecule has 1 nitrogen and oxygen atoms in total. The van der Waals surface area contributed by atoms with Crippen LogP contribution in [0.1, 0.15) is 0 Å². The average molecular weight is 303 g/mol. The van der Waals surface area contributed by atoms with Gasteiger partial charge in [0.1, 0.15) is 7.85 Å². The summed E-state index contributed by atoms with van der Waals surface area (Å²) in [6.45, 7) is 0. The molecule has 0 radical (unpaired) electrons. The summed E-state index contributed by atoms with van der Waals surface area (Å²) in [5.74, 6) is 0. The van der Waals surface area contributed by atoms with E-state index in [1.807, 2.05) is 0 Å². The van der Waals surface area contributed by atoms with Crippen molar-refractivity contribution in [3.8, 4) is 0 Å². The van der Waals surface area contributed by atoms with Crippen molar-refractivity contribution in [1.29, 1.82) is 0 Å². The summed E-state index contributed by atoms with van der Waals surface area (Å²) >= 11 is 0. The average Bonchev–Trinajstić information content (AvgIpc) is 2.97. The molecule has 0 aliphatic rings. The normalized spacial score (nSPS) is 12.3. The number of nitrogens with zero attached hydrogens (tertiary/aromatic N) is 1. The molecule has 0 atom stereocenters. The maximum atomic E-state index is 2.45. The molecule has 2 heterocycles. The number of rotatable bonds is 0. The lowest BCUT2D eigenvalue weighted by atomic mass is 9.86. The zero-order valence-electron chi connectivity index (χ0n) is 13.4. The monoisotopic (exact) mass is 303 g/mol. The number of pyridine rings is 1. The van der Waals surface area contributed by atoms with Crippen molar-refractivity contribution in [3.05, 3.63) is 72.8 Å². The molecule has 110 valence electrons. The number of benzene rings is 4. The minimum atomic E-state index is 1.28. The maximum absolute atomic E-state index is 2.45. The molecule has 0 amide bonds. The maximum Gasteiger partial charge on any atom is 0.140 e. The van der Waals surface area contributed by atoms with Gasteiger partial charge in [0.25, 0.3) is 0 Å². The van der Waals surface area contributed by atoms with Gasteiger partial charge < -0.3 is 4.40 Å². The fourth-order valence-corrected chi connectivity index (χ4v) is 4.46. The number of aromatic nitrogens is 1. The van der Waals surface area contributed by atoms with Crippen molar-refractivity contribution in [2.75, 3.05) is 0 Å². The van der Waals surface area contributed by atoms with E-state index in [-0.39, 0.29) is 0 Å². The van der Waals surface area contributed by atoms with E-state index in [9.17, 15) is 0 Å². The minimum absolute atomic E-state index is 1.28. The second-order valence-corrected chi connectivity index (χ2v) is 6.69. The van der Waals surface area contributed by atoms with Crippen molar-refractivity contribution < 1.29 is 0 Å². The molecular weight excluding hydrogens is 289 g/mol. The summed E-state index contributed by atoms with van der Waals surface area (Å²) in [6, 6.07) is 26.6. The predicted octanol–water partition coefficient (Wildman–Crippen LogP) is 4.25. The molecule has 0 unspecified atom stereocenters. The Morgan fingerprint density at radius 3 is 1.92 bits per heavy atom. The third-order valence-electron chi connectivity index (χ3n) is 5.44. The van der Waals surface area contributed by atoms with E-state index < -0.39 is 0 Å². The Kier molecular flexibility index (Phi) is 2.12. The van der Waals surface area contributed by atoms with Gasteiger partial charge in [-0.15, -0.1) is 0 Å². The molecule has 0 saturated carbocycles. The number of hydrogen-bond donors (Lipinski definition) is 0. The van der Waals surface area contributed by atoms with Gasteiger partial charge in [0.15, 0.2) is 0 Å². The summed E-state index contributed by atoms with van der Waals surface area (Å²) in [7, 11) is 2.23. The zero-order valence-corrected chi connectivity index (χ0v) is 13.4. The SMILES string of the molecule is Bc1cc2c3ccccc3n3c4ccccc4c4cccc1c4c23. The molecule has 0 fully saturated rings. The first kappa shape index (κ1) is 12.4. The highest BCUT2D eigenvalue weighted by atomic mass is 14.9. The van der Waals surface area contributed by atoms with Crippen LogP contribution in [0.2, 0.25) is 0 Å². The Morgan fingerprint density at radius 2 is 1.17 bits per heavy atom. The molecule has 0 spiro atoms. The lowest BCUT2D eigenvalue weighted by Crippen LogP contribution is -2.05. The molecule has 0 saturated heterocycles. The van der Waals surface area contributed by atoms with E-state index in [4.69, 9.17) is 0 Å². The van der Waals surface area contributed by atoms with Crippen LogP contribution in [0.4, 0.5) is 0 Å². The van der Waals surface area contributed by atoms with Crippen LogP contribution < -0.4 is 5.46 Å². The van der Waals surface area contributed by atoms with Gasteiger partial charge in [-0.05, 0) is 22.9 Å². The van der Waals surface area contributed by atoms with Crippen molar-refractivity contribution in [1.82, 2.24) is 4.40 Å². The van der Waals surface area contributed by atoms with Crippen LogP contribution in [0.15, 0.2) is 72.8 Å².